The summed E-state index contributed by atoms with van der Waals surface area (Å²) in [6.07, 6.45) is -1.59. The van der Waals surface area contributed by atoms with Gasteiger partial charge in [0.15, 0.2) is 9.84 Å². The van der Waals surface area contributed by atoms with E-state index in [0.717, 1.165) is 12.1 Å². The fourth-order valence-corrected chi connectivity index (χ4v) is 5.53. The predicted molar refractivity (Wildman–Crippen MR) is 97.5 cm³/mol. The minimum Gasteiger partial charge on any atom is -0.381 e. The van der Waals surface area contributed by atoms with Gasteiger partial charge < -0.3 is 10.5 Å². The molecule has 1 aromatic carbocycles. The number of carbonyl (C=O) groups excluding carboxylic acids is 1. The number of methoxy groups -OCH3 is 1. The molecule has 1 saturated carbocycles. The van der Waals surface area contributed by atoms with E-state index < -0.39 is 37.6 Å². The Bertz CT molecular complexity index is 1020. The van der Waals surface area contributed by atoms with E-state index in [4.69, 9.17) is 10.5 Å². The minimum absolute atomic E-state index is 0.133. The van der Waals surface area contributed by atoms with Gasteiger partial charge >= 0.3 is 6.18 Å². The smallest absolute Gasteiger partial charge is 0.381 e. The molecule has 0 spiro atoms. The number of nitrogens with two attached hydrogens (primary N) is 1. The van der Waals surface area contributed by atoms with Crippen LogP contribution in [-0.4, -0.2) is 42.6 Å². The van der Waals surface area contributed by atoms with Gasteiger partial charge in [-0.05, 0) is 37.0 Å². The molecule has 1 aromatic heterocycles. The number of amides is 1. The first kappa shape index (κ1) is 21.3. The van der Waals surface area contributed by atoms with Crippen molar-refractivity contribution in [3.05, 3.63) is 36.2 Å². The van der Waals surface area contributed by atoms with Gasteiger partial charge in [0.2, 0.25) is 5.91 Å². The van der Waals surface area contributed by atoms with Crippen molar-refractivity contribution in [2.24, 2.45) is 5.73 Å². The SMILES string of the molecule is CO[C@H]1CC[C@H](S(=O)(=O)c2ccc(-c3cnn(CC(N)=O)c3)cc2C(F)(F)F)C1. The van der Waals surface area contributed by atoms with Crippen molar-refractivity contribution >= 4 is 15.7 Å². The highest BCUT2D eigenvalue weighted by Gasteiger charge is 2.42. The molecule has 29 heavy (non-hydrogen) atoms. The van der Waals surface area contributed by atoms with Crippen LogP contribution < -0.4 is 5.73 Å². The van der Waals surface area contributed by atoms with Gasteiger partial charge in [-0.2, -0.15) is 18.3 Å². The topological polar surface area (TPSA) is 104 Å². The molecule has 0 bridgehead atoms. The number of alkyl halides is 3. The Labute approximate surface area is 165 Å². The van der Waals surface area contributed by atoms with Crippen LogP contribution in [0.1, 0.15) is 24.8 Å². The van der Waals surface area contributed by atoms with E-state index in [2.05, 4.69) is 5.10 Å². The lowest BCUT2D eigenvalue weighted by atomic mass is 10.1. The largest absolute Gasteiger partial charge is 0.417 e. The third-order valence-electron chi connectivity index (χ3n) is 4.98. The van der Waals surface area contributed by atoms with Crippen molar-refractivity contribution < 1.29 is 31.1 Å². The number of aromatic nitrogens is 2. The number of halogens is 3. The Hall–Kier alpha value is -2.40. The number of ether oxygens (including phenoxy) is 1. The number of primary amides is 1. The number of benzene rings is 1. The molecular formula is C18H20F3N3O4S. The lowest BCUT2D eigenvalue weighted by Crippen LogP contribution is -2.23. The Morgan fingerprint density at radius 3 is 2.62 bits per heavy atom. The van der Waals surface area contributed by atoms with Crippen LogP contribution in [0.2, 0.25) is 0 Å². The van der Waals surface area contributed by atoms with Gasteiger partial charge in [0, 0.05) is 18.9 Å². The van der Waals surface area contributed by atoms with Crippen molar-refractivity contribution in [1.82, 2.24) is 9.78 Å². The number of hydrogen-bond acceptors (Lipinski definition) is 5. The van der Waals surface area contributed by atoms with Crippen LogP contribution in [0.15, 0.2) is 35.5 Å². The number of nitrogens with zero attached hydrogens (tertiary/aromatic N) is 2. The Morgan fingerprint density at radius 2 is 2.03 bits per heavy atom. The van der Waals surface area contributed by atoms with E-state index in [0.29, 0.717) is 12.0 Å². The maximum absolute atomic E-state index is 13.7. The summed E-state index contributed by atoms with van der Waals surface area (Å²) >= 11 is 0. The molecule has 7 nitrogen and oxygen atoms in total. The van der Waals surface area contributed by atoms with Gasteiger partial charge in [0.25, 0.3) is 0 Å². The molecule has 1 fully saturated rings. The van der Waals surface area contributed by atoms with Crippen LogP contribution >= 0.6 is 0 Å². The molecule has 0 saturated heterocycles. The summed E-state index contributed by atoms with van der Waals surface area (Å²) < 4.78 is 73.3. The van der Waals surface area contributed by atoms with Crippen molar-refractivity contribution in [2.75, 3.05) is 7.11 Å². The summed E-state index contributed by atoms with van der Waals surface area (Å²) in [6.45, 7) is -0.221. The summed E-state index contributed by atoms with van der Waals surface area (Å²) in [5.41, 5.74) is 4.29. The molecule has 0 radical (unpaired) electrons. The summed E-state index contributed by atoms with van der Waals surface area (Å²) in [4.78, 5) is 10.2. The van der Waals surface area contributed by atoms with Crippen LogP contribution in [-0.2, 0) is 32.1 Å². The van der Waals surface area contributed by atoms with Crippen molar-refractivity contribution in [1.29, 1.82) is 0 Å². The highest BCUT2D eigenvalue weighted by molar-refractivity contribution is 7.92. The van der Waals surface area contributed by atoms with Gasteiger partial charge in [-0.15, -0.1) is 0 Å². The average molecular weight is 431 g/mol. The zero-order valence-electron chi connectivity index (χ0n) is 15.5. The van der Waals surface area contributed by atoms with E-state index in [-0.39, 0.29) is 31.1 Å². The third kappa shape index (κ3) is 4.45. The standard InChI is InChI=1S/C18H20F3N3O4S/c1-28-13-3-4-14(7-13)29(26,27)16-5-2-11(6-15(16)18(19,20)21)12-8-23-24(9-12)10-17(22)25/h2,5-6,8-9,13-14H,3-4,7,10H2,1H3,(H2,22,25)/t13-,14-/m0/s1. The molecular weight excluding hydrogens is 411 g/mol. The summed E-state index contributed by atoms with van der Waals surface area (Å²) in [5.74, 6) is -0.650. The second-order valence-corrected chi connectivity index (χ2v) is 9.14. The minimum atomic E-state index is -4.86. The first-order valence-corrected chi connectivity index (χ1v) is 10.4. The molecule has 1 heterocycles. The summed E-state index contributed by atoms with van der Waals surface area (Å²) in [7, 11) is -2.73. The second kappa shape index (κ2) is 7.79. The number of sulfone groups is 1. The highest BCUT2D eigenvalue weighted by atomic mass is 32.2. The van der Waals surface area contributed by atoms with E-state index in [9.17, 15) is 26.4 Å². The predicted octanol–water partition coefficient (Wildman–Crippen LogP) is 2.40. The van der Waals surface area contributed by atoms with Crippen molar-refractivity contribution in [3.63, 3.8) is 0 Å². The first-order chi connectivity index (χ1) is 13.5. The highest BCUT2D eigenvalue weighted by Crippen LogP contribution is 2.40. The number of carbonyl (C=O) groups is 1. The van der Waals surface area contributed by atoms with Gasteiger partial charge in [-0.3, -0.25) is 9.48 Å². The Morgan fingerprint density at radius 1 is 1.31 bits per heavy atom. The summed E-state index contributed by atoms with van der Waals surface area (Å²) in [6, 6.07) is 3.08. The molecule has 0 unspecified atom stereocenters. The lowest BCUT2D eigenvalue weighted by molar-refractivity contribution is -0.139. The molecule has 1 amide bonds. The van der Waals surface area contributed by atoms with Crippen LogP contribution in [0, 0.1) is 0 Å². The Balaban J connectivity index is 2.01. The van der Waals surface area contributed by atoms with Crippen LogP contribution in [0.4, 0.5) is 13.2 Å². The molecule has 1 aliphatic rings. The molecule has 2 atom stereocenters. The van der Waals surface area contributed by atoms with E-state index >= 15 is 0 Å². The lowest BCUT2D eigenvalue weighted by Gasteiger charge is -2.18. The fraction of sp³-hybridized carbons (Fsp3) is 0.444. The molecule has 2 aromatic rings. The van der Waals surface area contributed by atoms with Crippen LogP contribution in [0.3, 0.4) is 0 Å². The monoisotopic (exact) mass is 431 g/mol. The number of hydrogen-bond donors (Lipinski definition) is 1. The quantitative estimate of drug-likeness (QED) is 0.756. The van der Waals surface area contributed by atoms with Gasteiger partial charge in [0.1, 0.15) is 6.54 Å². The van der Waals surface area contributed by atoms with Crippen LogP contribution in [0.5, 0.6) is 0 Å². The zero-order chi connectivity index (χ0) is 21.4. The average Bonchev–Trinajstić information content (AvgIpc) is 3.29. The Kier molecular flexibility index (Phi) is 5.72. The zero-order valence-corrected chi connectivity index (χ0v) is 16.3. The molecule has 0 aliphatic heterocycles. The van der Waals surface area contributed by atoms with E-state index in [1.807, 2.05) is 0 Å². The fourth-order valence-electron chi connectivity index (χ4n) is 3.51. The van der Waals surface area contributed by atoms with Crippen molar-refractivity contribution in [2.45, 2.75) is 48.2 Å². The molecule has 3 rings (SSSR count). The maximum Gasteiger partial charge on any atom is 0.417 e. The number of rotatable bonds is 6. The summed E-state index contributed by atoms with van der Waals surface area (Å²) in [5, 5.41) is 2.96. The first-order valence-electron chi connectivity index (χ1n) is 8.81. The molecule has 2 N–H and O–H groups in total. The van der Waals surface area contributed by atoms with E-state index in [1.54, 1.807) is 0 Å². The maximum atomic E-state index is 13.7. The van der Waals surface area contributed by atoms with E-state index in [1.165, 1.54) is 30.3 Å². The normalized spacial score (nSPS) is 20.1. The molecule has 158 valence electrons. The van der Waals surface area contributed by atoms with Gasteiger partial charge in [-0.25, -0.2) is 8.42 Å². The molecule has 11 heteroatoms. The van der Waals surface area contributed by atoms with Crippen LogP contribution in [0.25, 0.3) is 11.1 Å². The van der Waals surface area contributed by atoms with Gasteiger partial charge in [0.05, 0.1) is 28.0 Å². The van der Waals surface area contributed by atoms with Gasteiger partial charge in [-0.1, -0.05) is 6.07 Å². The third-order valence-corrected chi connectivity index (χ3v) is 7.26. The van der Waals surface area contributed by atoms with Crippen molar-refractivity contribution in [3.8, 4) is 11.1 Å². The molecule has 1 aliphatic carbocycles. The second-order valence-electron chi connectivity index (χ2n) is 6.94.